The van der Waals surface area contributed by atoms with Crippen LogP contribution in [0.4, 0.5) is 5.69 Å². The van der Waals surface area contributed by atoms with Crippen LogP contribution in [-0.4, -0.2) is 18.5 Å². The van der Waals surface area contributed by atoms with E-state index in [0.29, 0.717) is 12.5 Å². The van der Waals surface area contributed by atoms with E-state index in [1.54, 1.807) is 0 Å². The van der Waals surface area contributed by atoms with Crippen LogP contribution in [0.15, 0.2) is 22.7 Å². The number of benzene rings is 1. The van der Waals surface area contributed by atoms with Gasteiger partial charge in [-0.3, -0.25) is 4.79 Å². The molecule has 2 N–H and O–H groups in total. The molecule has 0 spiro atoms. The van der Waals surface area contributed by atoms with E-state index < -0.39 is 0 Å². The predicted octanol–water partition coefficient (Wildman–Crippen LogP) is 3.23. The molecule has 1 aromatic rings. The lowest BCUT2D eigenvalue weighted by Crippen LogP contribution is -2.36. The van der Waals surface area contributed by atoms with Crippen LogP contribution in [-0.2, 0) is 4.79 Å². The first kappa shape index (κ1) is 13.6. The lowest BCUT2D eigenvalue weighted by Gasteiger charge is -2.22. The second-order valence-electron chi connectivity index (χ2n) is 4.88. The molecule has 1 aliphatic rings. The molecule has 18 heavy (non-hydrogen) atoms. The number of piperidine rings is 1. The SMILES string of the molecule is Cc1ccc(NC(=O)CC2CCCCN2)c(Br)c1. The van der Waals surface area contributed by atoms with Crippen molar-refractivity contribution >= 4 is 27.5 Å². The summed E-state index contributed by atoms with van der Waals surface area (Å²) in [6.07, 6.45) is 4.10. The lowest BCUT2D eigenvalue weighted by molar-refractivity contribution is -0.116. The lowest BCUT2D eigenvalue weighted by atomic mass is 10.0. The highest BCUT2D eigenvalue weighted by atomic mass is 79.9. The van der Waals surface area contributed by atoms with Crippen LogP contribution in [0.25, 0.3) is 0 Å². The number of anilines is 1. The molecule has 1 aromatic carbocycles. The van der Waals surface area contributed by atoms with Gasteiger partial charge in [0.2, 0.25) is 5.91 Å². The molecule has 0 radical (unpaired) electrons. The van der Waals surface area contributed by atoms with Crippen LogP contribution in [0.3, 0.4) is 0 Å². The summed E-state index contributed by atoms with van der Waals surface area (Å²) in [5.41, 5.74) is 2.02. The first-order chi connectivity index (χ1) is 8.65. The Morgan fingerprint density at radius 3 is 3.00 bits per heavy atom. The van der Waals surface area contributed by atoms with Crippen LogP contribution in [0.5, 0.6) is 0 Å². The van der Waals surface area contributed by atoms with Gasteiger partial charge < -0.3 is 10.6 Å². The fourth-order valence-corrected chi connectivity index (χ4v) is 2.84. The van der Waals surface area contributed by atoms with E-state index in [9.17, 15) is 4.79 Å². The van der Waals surface area contributed by atoms with Crippen LogP contribution in [0.2, 0.25) is 0 Å². The fourth-order valence-electron chi connectivity index (χ4n) is 2.24. The molecule has 98 valence electrons. The van der Waals surface area contributed by atoms with Crippen molar-refractivity contribution in [3.8, 4) is 0 Å². The maximum absolute atomic E-state index is 11.9. The Hall–Kier alpha value is -0.870. The molecule has 1 amide bonds. The second kappa shape index (κ2) is 6.34. The molecule has 1 atom stereocenters. The third-order valence-electron chi connectivity index (χ3n) is 3.24. The third kappa shape index (κ3) is 3.82. The average Bonchev–Trinajstić information content (AvgIpc) is 2.34. The van der Waals surface area contributed by atoms with Gasteiger partial charge in [0.1, 0.15) is 0 Å². The number of rotatable bonds is 3. The van der Waals surface area contributed by atoms with E-state index in [-0.39, 0.29) is 5.91 Å². The number of amides is 1. The zero-order chi connectivity index (χ0) is 13.0. The van der Waals surface area contributed by atoms with Gasteiger partial charge in [0, 0.05) is 16.9 Å². The topological polar surface area (TPSA) is 41.1 Å². The third-order valence-corrected chi connectivity index (χ3v) is 3.90. The largest absolute Gasteiger partial charge is 0.325 e. The molecule has 3 nitrogen and oxygen atoms in total. The second-order valence-corrected chi connectivity index (χ2v) is 5.74. The van der Waals surface area contributed by atoms with Gasteiger partial charge in [0.05, 0.1) is 5.69 Å². The van der Waals surface area contributed by atoms with E-state index in [0.717, 1.165) is 23.1 Å². The Labute approximate surface area is 116 Å². The maximum Gasteiger partial charge on any atom is 0.225 e. The van der Waals surface area contributed by atoms with Gasteiger partial charge >= 0.3 is 0 Å². The van der Waals surface area contributed by atoms with Crippen molar-refractivity contribution in [3.05, 3.63) is 28.2 Å². The number of halogens is 1. The maximum atomic E-state index is 11.9. The molecule has 0 bridgehead atoms. The fraction of sp³-hybridized carbons (Fsp3) is 0.500. The molecule has 1 heterocycles. The van der Waals surface area contributed by atoms with E-state index >= 15 is 0 Å². The van der Waals surface area contributed by atoms with Crippen molar-refractivity contribution in [2.75, 3.05) is 11.9 Å². The van der Waals surface area contributed by atoms with Crippen LogP contribution in [0, 0.1) is 6.92 Å². The highest BCUT2D eigenvalue weighted by molar-refractivity contribution is 9.10. The Morgan fingerprint density at radius 2 is 2.33 bits per heavy atom. The molecule has 1 fully saturated rings. The minimum atomic E-state index is 0.0824. The van der Waals surface area contributed by atoms with Crippen LogP contribution >= 0.6 is 15.9 Å². The van der Waals surface area contributed by atoms with Gasteiger partial charge in [0.15, 0.2) is 0 Å². The molecule has 2 rings (SSSR count). The van der Waals surface area contributed by atoms with E-state index in [1.807, 2.05) is 25.1 Å². The summed E-state index contributed by atoms with van der Waals surface area (Å²) in [6, 6.07) is 6.28. The highest BCUT2D eigenvalue weighted by Gasteiger charge is 2.16. The molecule has 0 aromatic heterocycles. The van der Waals surface area contributed by atoms with Crippen molar-refractivity contribution in [1.29, 1.82) is 0 Å². The summed E-state index contributed by atoms with van der Waals surface area (Å²) < 4.78 is 0.937. The van der Waals surface area contributed by atoms with E-state index in [1.165, 1.54) is 18.4 Å². The number of hydrogen-bond acceptors (Lipinski definition) is 2. The minimum absolute atomic E-state index is 0.0824. The Balaban J connectivity index is 1.90. The first-order valence-electron chi connectivity index (χ1n) is 6.44. The number of aryl methyl sites for hydroxylation is 1. The van der Waals surface area contributed by atoms with Gasteiger partial charge in [-0.2, -0.15) is 0 Å². The molecule has 4 heteroatoms. The normalized spacial score (nSPS) is 19.6. The van der Waals surface area contributed by atoms with Gasteiger partial charge in [-0.1, -0.05) is 12.5 Å². The zero-order valence-corrected chi connectivity index (χ0v) is 12.2. The van der Waals surface area contributed by atoms with Crippen molar-refractivity contribution in [3.63, 3.8) is 0 Å². The molecule has 1 aliphatic heterocycles. The molecule has 0 saturated carbocycles. The Bertz CT molecular complexity index is 428. The summed E-state index contributed by atoms with van der Waals surface area (Å²) in [7, 11) is 0. The van der Waals surface area contributed by atoms with E-state index in [2.05, 4.69) is 26.6 Å². The number of hydrogen-bond donors (Lipinski definition) is 2. The molecular weight excluding hydrogens is 292 g/mol. The quantitative estimate of drug-likeness (QED) is 0.900. The molecule has 1 unspecified atom stereocenters. The highest BCUT2D eigenvalue weighted by Crippen LogP contribution is 2.23. The van der Waals surface area contributed by atoms with Gasteiger partial charge in [-0.25, -0.2) is 0 Å². The van der Waals surface area contributed by atoms with Crippen molar-refractivity contribution in [1.82, 2.24) is 5.32 Å². The van der Waals surface area contributed by atoms with Crippen molar-refractivity contribution in [2.45, 2.75) is 38.6 Å². The summed E-state index contributed by atoms with van der Waals surface area (Å²) >= 11 is 3.47. The standard InChI is InChI=1S/C14H19BrN2O/c1-10-5-6-13(12(15)8-10)17-14(18)9-11-4-2-3-7-16-11/h5-6,8,11,16H,2-4,7,9H2,1H3,(H,17,18). The van der Waals surface area contributed by atoms with Crippen molar-refractivity contribution < 1.29 is 4.79 Å². The first-order valence-corrected chi connectivity index (χ1v) is 7.24. The smallest absolute Gasteiger partial charge is 0.225 e. The Kier molecular flexibility index (Phi) is 4.78. The predicted molar refractivity (Wildman–Crippen MR) is 77.8 cm³/mol. The number of carbonyl (C=O) groups is 1. The monoisotopic (exact) mass is 310 g/mol. The average molecular weight is 311 g/mol. The van der Waals surface area contributed by atoms with Gasteiger partial charge in [0.25, 0.3) is 0 Å². The summed E-state index contributed by atoms with van der Waals surface area (Å²) in [5.74, 6) is 0.0824. The van der Waals surface area contributed by atoms with Gasteiger partial charge in [-0.05, 0) is 59.9 Å². The molecular formula is C14H19BrN2O. The summed E-state index contributed by atoms with van der Waals surface area (Å²) in [6.45, 7) is 3.06. The Morgan fingerprint density at radius 1 is 1.50 bits per heavy atom. The molecule has 1 saturated heterocycles. The minimum Gasteiger partial charge on any atom is -0.325 e. The summed E-state index contributed by atoms with van der Waals surface area (Å²) in [4.78, 5) is 11.9. The van der Waals surface area contributed by atoms with Crippen molar-refractivity contribution in [2.24, 2.45) is 0 Å². The molecule has 0 aliphatic carbocycles. The van der Waals surface area contributed by atoms with Gasteiger partial charge in [-0.15, -0.1) is 0 Å². The van der Waals surface area contributed by atoms with Crippen LogP contribution in [0.1, 0.15) is 31.2 Å². The van der Waals surface area contributed by atoms with Crippen LogP contribution < -0.4 is 10.6 Å². The van der Waals surface area contributed by atoms with E-state index in [4.69, 9.17) is 0 Å². The number of carbonyl (C=O) groups excluding carboxylic acids is 1. The zero-order valence-electron chi connectivity index (χ0n) is 10.6. The number of nitrogens with one attached hydrogen (secondary N) is 2. The summed E-state index contributed by atoms with van der Waals surface area (Å²) in [5, 5.41) is 6.35.